The second-order valence-electron chi connectivity index (χ2n) is 5.94. The van der Waals surface area contributed by atoms with Gasteiger partial charge in [0, 0.05) is 45.6 Å². The zero-order chi connectivity index (χ0) is 18.9. The molecule has 0 aliphatic rings. The number of nitrogens with one attached hydrogen (secondary N) is 2. The van der Waals surface area contributed by atoms with Crippen LogP contribution in [0.2, 0.25) is 5.02 Å². The molecule has 142 valence electrons. The van der Waals surface area contributed by atoms with Gasteiger partial charge in [0.15, 0.2) is 5.96 Å². The third-order valence-corrected chi connectivity index (χ3v) is 4.87. The third-order valence-electron chi connectivity index (χ3n) is 3.80. The summed E-state index contributed by atoms with van der Waals surface area (Å²) in [6, 6.07) is 5.66. The fourth-order valence-electron chi connectivity index (χ4n) is 2.47. The van der Waals surface area contributed by atoms with Crippen LogP contribution in [0.4, 0.5) is 0 Å². The van der Waals surface area contributed by atoms with Crippen LogP contribution in [0.3, 0.4) is 0 Å². The number of aromatic nitrogens is 1. The molecule has 0 aromatic carbocycles. The summed E-state index contributed by atoms with van der Waals surface area (Å²) in [7, 11) is 3.98. The van der Waals surface area contributed by atoms with Gasteiger partial charge in [0.1, 0.15) is 0 Å². The van der Waals surface area contributed by atoms with Crippen LogP contribution in [-0.2, 0) is 13.6 Å². The molecule has 2 aromatic heterocycles. The molecular weight excluding hydrogens is 370 g/mol. The maximum absolute atomic E-state index is 11.9. The lowest BCUT2D eigenvalue weighted by Crippen LogP contribution is -2.39. The zero-order valence-electron chi connectivity index (χ0n) is 15.5. The zero-order valence-corrected chi connectivity index (χ0v) is 17.0. The molecule has 26 heavy (non-hydrogen) atoms. The second-order valence-corrected chi connectivity index (χ2v) is 7.32. The maximum Gasteiger partial charge on any atom is 0.261 e. The fraction of sp³-hybridized carbons (Fsp3) is 0.444. The quantitative estimate of drug-likeness (QED) is 0.410. The first-order valence-electron chi connectivity index (χ1n) is 8.63. The molecule has 2 rings (SSSR count). The van der Waals surface area contributed by atoms with E-state index in [1.54, 1.807) is 0 Å². The van der Waals surface area contributed by atoms with Crippen LogP contribution in [0, 0.1) is 0 Å². The predicted molar refractivity (Wildman–Crippen MR) is 109 cm³/mol. The average molecular weight is 396 g/mol. The lowest BCUT2D eigenvalue weighted by Gasteiger charge is -2.22. The van der Waals surface area contributed by atoms with E-state index in [4.69, 9.17) is 11.6 Å². The molecule has 0 saturated heterocycles. The SMILES string of the molecule is CCNC(=NCCCNC(=O)c1cccs1)N(C)Cc1cc(Cl)cn1C. The molecule has 2 heterocycles. The van der Waals surface area contributed by atoms with E-state index in [1.165, 1.54) is 11.3 Å². The Bertz CT molecular complexity index is 726. The molecule has 0 spiro atoms. The van der Waals surface area contributed by atoms with E-state index < -0.39 is 0 Å². The van der Waals surface area contributed by atoms with Gasteiger partial charge < -0.3 is 20.1 Å². The average Bonchev–Trinajstić information content (AvgIpc) is 3.23. The van der Waals surface area contributed by atoms with E-state index in [9.17, 15) is 4.79 Å². The van der Waals surface area contributed by atoms with E-state index in [0.29, 0.717) is 19.6 Å². The Hall–Kier alpha value is -1.99. The number of aryl methyl sites for hydroxylation is 1. The molecule has 0 saturated carbocycles. The standard InChI is InChI=1S/C18H26ClN5OS/c1-4-20-18(24(3)13-15-11-14(19)12-23(15)2)22-9-6-8-21-17(25)16-7-5-10-26-16/h5,7,10-12H,4,6,8-9,13H2,1-3H3,(H,20,22)(H,21,25). The van der Waals surface area contributed by atoms with E-state index in [1.807, 2.05) is 55.4 Å². The minimum atomic E-state index is -0.0198. The number of rotatable bonds is 8. The van der Waals surface area contributed by atoms with Crippen molar-refractivity contribution in [2.75, 3.05) is 26.7 Å². The summed E-state index contributed by atoms with van der Waals surface area (Å²) in [6.07, 6.45) is 2.68. The van der Waals surface area contributed by atoms with Gasteiger partial charge in [-0.2, -0.15) is 0 Å². The van der Waals surface area contributed by atoms with Crippen LogP contribution in [0.1, 0.15) is 28.7 Å². The topological polar surface area (TPSA) is 61.7 Å². The first-order chi connectivity index (χ1) is 12.5. The van der Waals surface area contributed by atoms with Crippen LogP contribution in [-0.4, -0.2) is 48.0 Å². The lowest BCUT2D eigenvalue weighted by atomic mass is 10.4. The third kappa shape index (κ3) is 6.07. The normalized spacial score (nSPS) is 11.5. The molecule has 0 unspecified atom stereocenters. The highest BCUT2D eigenvalue weighted by Crippen LogP contribution is 2.14. The Morgan fingerprint density at radius 1 is 1.42 bits per heavy atom. The van der Waals surface area contributed by atoms with Crippen LogP contribution in [0.15, 0.2) is 34.8 Å². The van der Waals surface area contributed by atoms with E-state index in [2.05, 4.69) is 20.5 Å². The molecule has 2 aromatic rings. The van der Waals surface area contributed by atoms with Gasteiger partial charge in [-0.1, -0.05) is 17.7 Å². The Labute approximate surface area is 163 Å². The summed E-state index contributed by atoms with van der Waals surface area (Å²) in [6.45, 7) is 4.81. The molecule has 0 aliphatic carbocycles. The fourth-order valence-corrected chi connectivity index (χ4v) is 3.38. The molecule has 8 heteroatoms. The van der Waals surface area contributed by atoms with Crippen molar-refractivity contribution in [2.24, 2.45) is 12.0 Å². The summed E-state index contributed by atoms with van der Waals surface area (Å²) >= 11 is 7.50. The number of nitrogens with zero attached hydrogens (tertiary/aromatic N) is 3. The first-order valence-corrected chi connectivity index (χ1v) is 9.89. The molecule has 0 aliphatic heterocycles. The van der Waals surface area contributed by atoms with Gasteiger partial charge in [-0.25, -0.2) is 0 Å². The summed E-state index contributed by atoms with van der Waals surface area (Å²) in [5.41, 5.74) is 1.12. The van der Waals surface area contributed by atoms with Crippen molar-refractivity contribution in [3.05, 3.63) is 45.4 Å². The van der Waals surface area contributed by atoms with E-state index in [0.717, 1.165) is 34.5 Å². The first kappa shape index (κ1) is 20.3. The minimum Gasteiger partial charge on any atom is -0.357 e. The van der Waals surface area contributed by atoms with Crippen LogP contribution in [0.25, 0.3) is 0 Å². The molecule has 0 bridgehead atoms. The van der Waals surface area contributed by atoms with Crippen LogP contribution >= 0.6 is 22.9 Å². The van der Waals surface area contributed by atoms with E-state index in [-0.39, 0.29) is 5.91 Å². The summed E-state index contributed by atoms with van der Waals surface area (Å²) in [5, 5.41) is 8.86. The van der Waals surface area contributed by atoms with Gasteiger partial charge in [-0.15, -0.1) is 11.3 Å². The molecule has 0 fully saturated rings. The van der Waals surface area contributed by atoms with Gasteiger partial charge >= 0.3 is 0 Å². The molecule has 2 N–H and O–H groups in total. The van der Waals surface area contributed by atoms with Gasteiger partial charge in [-0.3, -0.25) is 9.79 Å². The smallest absolute Gasteiger partial charge is 0.261 e. The van der Waals surface area contributed by atoms with Crippen molar-refractivity contribution in [3.63, 3.8) is 0 Å². The molecule has 6 nitrogen and oxygen atoms in total. The number of halogens is 1. The van der Waals surface area contributed by atoms with Gasteiger partial charge in [0.05, 0.1) is 16.4 Å². The summed E-state index contributed by atoms with van der Waals surface area (Å²) in [4.78, 5) is 19.3. The molecule has 1 amide bonds. The number of amides is 1. The predicted octanol–water partition coefficient (Wildman–Crippen LogP) is 2.96. The molecule has 0 radical (unpaired) electrons. The van der Waals surface area contributed by atoms with Crippen LogP contribution < -0.4 is 10.6 Å². The maximum atomic E-state index is 11.9. The number of hydrogen-bond donors (Lipinski definition) is 2. The Kier molecular flexibility index (Phi) is 8.00. The minimum absolute atomic E-state index is 0.0198. The Morgan fingerprint density at radius 2 is 2.23 bits per heavy atom. The Balaban J connectivity index is 1.81. The van der Waals surface area contributed by atoms with Crippen molar-refractivity contribution in [1.82, 2.24) is 20.1 Å². The highest BCUT2D eigenvalue weighted by Gasteiger charge is 2.10. The highest BCUT2D eigenvalue weighted by atomic mass is 35.5. The number of carbonyl (C=O) groups is 1. The largest absolute Gasteiger partial charge is 0.357 e. The van der Waals surface area contributed by atoms with Crippen molar-refractivity contribution in [1.29, 1.82) is 0 Å². The molecular formula is C18H26ClN5OS. The highest BCUT2D eigenvalue weighted by molar-refractivity contribution is 7.12. The van der Waals surface area contributed by atoms with Crippen LogP contribution in [0.5, 0.6) is 0 Å². The monoisotopic (exact) mass is 395 g/mol. The van der Waals surface area contributed by atoms with Crippen molar-refractivity contribution < 1.29 is 4.79 Å². The second kappa shape index (κ2) is 10.2. The van der Waals surface area contributed by atoms with Gasteiger partial charge in [-0.05, 0) is 30.9 Å². The van der Waals surface area contributed by atoms with Crippen molar-refractivity contribution in [2.45, 2.75) is 19.9 Å². The van der Waals surface area contributed by atoms with Crippen molar-refractivity contribution in [3.8, 4) is 0 Å². The number of guanidine groups is 1. The summed E-state index contributed by atoms with van der Waals surface area (Å²) in [5.74, 6) is 0.822. The van der Waals surface area contributed by atoms with Gasteiger partial charge in [0.2, 0.25) is 0 Å². The Morgan fingerprint density at radius 3 is 2.85 bits per heavy atom. The van der Waals surface area contributed by atoms with Gasteiger partial charge in [0.25, 0.3) is 5.91 Å². The molecule has 0 atom stereocenters. The lowest BCUT2D eigenvalue weighted by molar-refractivity contribution is 0.0957. The summed E-state index contributed by atoms with van der Waals surface area (Å²) < 4.78 is 2.02. The van der Waals surface area contributed by atoms with Crippen molar-refractivity contribution >= 4 is 34.8 Å². The van der Waals surface area contributed by atoms with E-state index >= 15 is 0 Å². The number of hydrogen-bond acceptors (Lipinski definition) is 3. The number of thiophene rings is 1. The number of aliphatic imine (C=N–C) groups is 1. The number of carbonyl (C=O) groups excluding carboxylic acids is 1.